The molecule has 3 saturated heterocycles. The van der Waals surface area contributed by atoms with Crippen molar-refractivity contribution < 1.29 is 62.3 Å². The van der Waals surface area contributed by atoms with E-state index in [9.17, 15) is 52.7 Å². The lowest BCUT2D eigenvalue weighted by molar-refractivity contribution is -0.144. The first kappa shape index (κ1) is 82.5. The summed E-state index contributed by atoms with van der Waals surface area (Å²) in [6.45, 7) is 6.44. The standard InChI is InChI=1S/C69H106N18O13S/c1-41(2)37-51(62(94)78-47(58(74)90)30-36-101-4)82-59(91)42(3)38-45-21-14-33-85(45)68(100)53(40-44-19-9-6-10-20-44)84-63(95)52(39-43-17-7-5-8-18-43)83-61(93)48(26-28-56(72)88)79-60(92)49(27-29-57(73)89)80-64(96)55-25-16-35-87(55)67(99)50(23-11-12-31-70)81-65(97)54-24-15-34-86(54)66(98)46(71)22-13-32-77-69(75)76/h5-10,17-20,38,41,45-55H,11-16,21-37,39-40,70-71H2,1-4H3,(H2,72,88)(H2,73,89)(H2,74,90)(H,78,94)(H,79,92)(H,80,96)(H,81,97)(H,82,91)(H,83,93)(H,84,95)(H4,75,76,77)/b42-38-/t45-,46-,47-,48-,49-,50-,51-,52-,53-,54-,55-/m0/s1. The molecule has 31 nitrogen and oxygen atoms in total. The maximum atomic E-state index is 15.1. The Morgan fingerprint density at radius 2 is 1.01 bits per heavy atom. The molecule has 0 radical (unpaired) electrons. The lowest BCUT2D eigenvalue weighted by Gasteiger charge is -2.32. The van der Waals surface area contributed by atoms with Gasteiger partial charge < -0.3 is 92.1 Å². The quantitative estimate of drug-likeness (QED) is 0.0150. The number of unbranched alkanes of at least 4 members (excludes halogenated alkanes) is 1. The highest BCUT2D eigenvalue weighted by atomic mass is 32.2. The summed E-state index contributed by atoms with van der Waals surface area (Å²) in [5.74, 6) is -8.89. The van der Waals surface area contributed by atoms with Crippen molar-refractivity contribution in [3.05, 3.63) is 83.4 Å². The molecular formula is C69H106N18O13S. The molecule has 2 aromatic carbocycles. The zero-order chi connectivity index (χ0) is 74.3. The number of rotatable bonds is 42. The second-order valence-electron chi connectivity index (χ2n) is 26.4. The lowest BCUT2D eigenvalue weighted by atomic mass is 10.0. The normalized spacial score (nSPS) is 18.3. The van der Waals surface area contributed by atoms with Gasteiger partial charge in [0, 0.05) is 57.4 Å². The van der Waals surface area contributed by atoms with Gasteiger partial charge in [-0.25, -0.2) is 0 Å². The molecule has 21 N–H and O–H groups in total. The third-order valence-electron chi connectivity index (χ3n) is 17.9. The van der Waals surface area contributed by atoms with Crippen LogP contribution in [0.1, 0.15) is 141 Å². The van der Waals surface area contributed by atoms with Gasteiger partial charge in [-0.15, -0.1) is 0 Å². The van der Waals surface area contributed by atoms with Gasteiger partial charge in [-0.05, 0) is 139 Å². The smallest absolute Gasteiger partial charge is 0.247 e. The number of amides is 13. The fourth-order valence-electron chi connectivity index (χ4n) is 12.6. The Balaban J connectivity index is 1.37. The predicted molar refractivity (Wildman–Crippen MR) is 381 cm³/mol. The Bertz CT molecular complexity index is 3230. The van der Waals surface area contributed by atoms with E-state index in [4.69, 9.17) is 40.1 Å². The minimum absolute atomic E-state index is 0.0163. The first-order chi connectivity index (χ1) is 48.1. The molecule has 3 fully saturated rings. The van der Waals surface area contributed by atoms with Gasteiger partial charge in [0.1, 0.15) is 54.4 Å². The van der Waals surface area contributed by atoms with Crippen molar-refractivity contribution in [2.45, 2.75) is 209 Å². The molecule has 3 heterocycles. The summed E-state index contributed by atoms with van der Waals surface area (Å²) in [6.07, 6.45) is 6.10. The van der Waals surface area contributed by atoms with Crippen LogP contribution < -0.4 is 77.4 Å². The van der Waals surface area contributed by atoms with Crippen molar-refractivity contribution in [2.75, 3.05) is 44.7 Å². The van der Waals surface area contributed by atoms with E-state index in [-0.39, 0.29) is 88.7 Å². The van der Waals surface area contributed by atoms with Crippen molar-refractivity contribution in [3.8, 4) is 0 Å². The van der Waals surface area contributed by atoms with Crippen molar-refractivity contribution in [1.29, 1.82) is 0 Å². The van der Waals surface area contributed by atoms with Crippen LogP contribution in [0.2, 0.25) is 0 Å². The zero-order valence-corrected chi connectivity index (χ0v) is 59.3. The van der Waals surface area contributed by atoms with Gasteiger partial charge in [0.2, 0.25) is 76.8 Å². The molecule has 13 amide bonds. The first-order valence-electron chi connectivity index (χ1n) is 34.8. The molecule has 556 valence electrons. The van der Waals surface area contributed by atoms with Gasteiger partial charge >= 0.3 is 0 Å². The first-order valence-corrected chi connectivity index (χ1v) is 36.2. The van der Waals surface area contributed by atoms with E-state index in [2.05, 4.69) is 42.2 Å². The zero-order valence-electron chi connectivity index (χ0n) is 58.5. The molecule has 0 spiro atoms. The summed E-state index contributed by atoms with van der Waals surface area (Å²) in [5, 5.41) is 19.2. The molecule has 11 atom stereocenters. The average Bonchev–Trinajstić information content (AvgIpc) is 1.75. The van der Waals surface area contributed by atoms with Crippen LogP contribution in [0.5, 0.6) is 0 Å². The van der Waals surface area contributed by atoms with E-state index in [1.807, 2.05) is 20.1 Å². The Kier molecular flexibility index (Phi) is 34.4. The molecule has 0 aromatic heterocycles. The highest BCUT2D eigenvalue weighted by Crippen LogP contribution is 2.25. The van der Waals surface area contributed by atoms with Gasteiger partial charge in [0.25, 0.3) is 0 Å². The SMILES string of the molecule is CSCC[C@H](NC(=O)[C@H](CC(C)C)NC(=O)/C(C)=C\[C@@H]1CCCN1C(=O)[C@H](Cc1ccccc1)NC(=O)[C@H](Cc1ccccc1)NC(=O)[C@H](CCC(N)=O)NC(=O)[C@H](CCC(N)=O)NC(=O)[C@@H]1CCCN1C(=O)[C@H](CCCCN)NC(=O)[C@@H]1CCCN1C(=O)[C@@H](N)CCCN=C(N)N)C(N)=O. The van der Waals surface area contributed by atoms with Crippen LogP contribution in [0.25, 0.3) is 0 Å². The Morgan fingerprint density at radius 1 is 0.535 bits per heavy atom. The van der Waals surface area contributed by atoms with Crippen molar-refractivity contribution in [3.63, 3.8) is 0 Å². The summed E-state index contributed by atoms with van der Waals surface area (Å²) >= 11 is 1.48. The molecular weight excluding hydrogens is 1320 g/mol. The number of carbonyl (C=O) groups excluding carboxylic acids is 13. The van der Waals surface area contributed by atoms with E-state index in [1.54, 1.807) is 78.6 Å². The maximum absolute atomic E-state index is 15.1. The lowest BCUT2D eigenvalue weighted by Crippen LogP contribution is -2.60. The summed E-state index contributed by atoms with van der Waals surface area (Å²) < 4.78 is 0. The van der Waals surface area contributed by atoms with Crippen molar-refractivity contribution in [2.24, 2.45) is 51.0 Å². The van der Waals surface area contributed by atoms with Crippen LogP contribution in [-0.4, -0.2) is 209 Å². The topological polar surface area (TPSA) is 510 Å². The van der Waals surface area contributed by atoms with Crippen molar-refractivity contribution >= 4 is 94.5 Å². The summed E-state index contributed by atoms with van der Waals surface area (Å²) in [6, 6.07) is 4.72. The van der Waals surface area contributed by atoms with E-state index in [0.29, 0.717) is 74.7 Å². The van der Waals surface area contributed by atoms with Gasteiger partial charge in [0.15, 0.2) is 5.96 Å². The number of likely N-dealkylation sites (tertiary alicyclic amines) is 3. The Morgan fingerprint density at radius 3 is 1.54 bits per heavy atom. The van der Waals surface area contributed by atoms with E-state index in [1.165, 1.54) is 21.6 Å². The minimum Gasteiger partial charge on any atom is -0.370 e. The number of primary amides is 3. The van der Waals surface area contributed by atoms with Gasteiger partial charge in [0.05, 0.1) is 12.1 Å². The second-order valence-corrected chi connectivity index (χ2v) is 27.4. The number of guanidine groups is 1. The number of hydrogen-bond acceptors (Lipinski definition) is 17. The van der Waals surface area contributed by atoms with E-state index < -0.39 is 169 Å². The van der Waals surface area contributed by atoms with Crippen LogP contribution in [0.15, 0.2) is 77.3 Å². The van der Waals surface area contributed by atoms with Crippen LogP contribution in [0, 0.1) is 5.92 Å². The molecule has 0 unspecified atom stereocenters. The highest BCUT2D eigenvalue weighted by molar-refractivity contribution is 7.98. The Hall–Kier alpha value is -9.17. The molecule has 3 aliphatic rings. The fourth-order valence-corrected chi connectivity index (χ4v) is 13.0. The third kappa shape index (κ3) is 27.0. The number of thioether (sulfide) groups is 1. The van der Waals surface area contributed by atoms with Gasteiger partial charge in [-0.1, -0.05) is 80.6 Å². The van der Waals surface area contributed by atoms with Crippen LogP contribution in [0.3, 0.4) is 0 Å². The van der Waals surface area contributed by atoms with E-state index >= 15 is 9.59 Å². The van der Waals surface area contributed by atoms with Crippen LogP contribution in [-0.2, 0) is 75.2 Å². The molecule has 2 aromatic rings. The summed E-state index contributed by atoms with van der Waals surface area (Å²) in [7, 11) is 0. The fraction of sp³-hybridized carbons (Fsp3) is 0.594. The predicted octanol–water partition coefficient (Wildman–Crippen LogP) is -1.89. The second kappa shape index (κ2) is 42.2. The number of benzene rings is 2. The number of hydrogen-bond donors (Lipinski definition) is 14. The summed E-state index contributed by atoms with van der Waals surface area (Å²) in [4.78, 5) is 189. The number of nitrogens with one attached hydrogen (secondary N) is 7. The van der Waals surface area contributed by atoms with Crippen LogP contribution in [0.4, 0.5) is 0 Å². The molecule has 101 heavy (non-hydrogen) atoms. The monoisotopic (exact) mass is 1430 g/mol. The molecule has 0 bridgehead atoms. The van der Waals surface area contributed by atoms with E-state index in [0.717, 1.165) is 0 Å². The molecule has 0 saturated carbocycles. The van der Waals surface area contributed by atoms with Gasteiger partial charge in [-0.3, -0.25) is 67.3 Å². The summed E-state index contributed by atoms with van der Waals surface area (Å²) in [5.41, 5.74) is 41.2. The largest absolute Gasteiger partial charge is 0.370 e. The highest BCUT2D eigenvalue weighted by Gasteiger charge is 2.43. The molecule has 5 rings (SSSR count). The average molecular weight is 1430 g/mol. The molecule has 0 aliphatic carbocycles. The number of carbonyl (C=O) groups is 13. The van der Waals surface area contributed by atoms with Crippen molar-refractivity contribution in [1.82, 2.24) is 51.9 Å². The molecule has 32 heteroatoms. The molecule has 3 aliphatic heterocycles. The maximum Gasteiger partial charge on any atom is 0.247 e. The minimum atomic E-state index is -1.62. The number of nitrogens with zero attached hydrogens (tertiary/aromatic N) is 4. The van der Waals surface area contributed by atoms with Gasteiger partial charge in [-0.2, -0.15) is 11.8 Å². The third-order valence-corrected chi connectivity index (χ3v) is 18.6. The Labute approximate surface area is 594 Å². The number of aliphatic imine (C=N–C) groups is 1. The number of nitrogens with two attached hydrogens (primary N) is 7. The van der Waals surface area contributed by atoms with Crippen LogP contribution >= 0.6 is 11.8 Å².